The molecule has 0 amide bonds. The van der Waals surface area contributed by atoms with Gasteiger partial charge >= 0.3 is 0 Å². The summed E-state index contributed by atoms with van der Waals surface area (Å²) in [6.07, 6.45) is 16.1. The molecule has 31 heavy (non-hydrogen) atoms. The Morgan fingerprint density at radius 1 is 1.16 bits per heavy atom. The monoisotopic (exact) mass is 428 g/mol. The van der Waals surface area contributed by atoms with Crippen molar-refractivity contribution in [2.24, 2.45) is 46.3 Å². The number of allylic oxidation sites excluding steroid dienone is 2. The van der Waals surface area contributed by atoms with Gasteiger partial charge in [0.05, 0.1) is 11.7 Å². The van der Waals surface area contributed by atoms with Gasteiger partial charge in [0, 0.05) is 0 Å². The summed E-state index contributed by atoms with van der Waals surface area (Å²) in [4.78, 5) is 0. The standard InChI is InChI=1S/C29H48O2/c1-7-29(31,19(2)3)17-12-20(4)24-10-11-25-23-9-8-21-18-22(30)13-15-27(21,5)26(23)14-16-28(24,25)6/h7,14,19-25,30-31H,1,8-13,15-18H2,2-6H3/t20-,21+,22+,23+,24-,25+,27+,28-,29?/m1/s1. The van der Waals surface area contributed by atoms with E-state index in [2.05, 4.69) is 47.3 Å². The van der Waals surface area contributed by atoms with Crippen molar-refractivity contribution in [1.29, 1.82) is 0 Å². The maximum absolute atomic E-state index is 11.0. The number of hydrogen-bond acceptors (Lipinski definition) is 2. The SMILES string of the molecule is C=CC(O)(CC[C@@H](C)[C@H]1CC[C@H]2[C@@H]3CC[C@H]4C[C@@H](O)CC[C@]4(C)C3=CC[C@]12C)C(C)C. The Kier molecular flexibility index (Phi) is 6.32. The lowest BCUT2D eigenvalue weighted by Crippen LogP contribution is -2.48. The highest BCUT2D eigenvalue weighted by molar-refractivity contribution is 5.29. The van der Waals surface area contributed by atoms with Gasteiger partial charge in [-0.05, 0) is 111 Å². The summed E-state index contributed by atoms with van der Waals surface area (Å²) in [5.41, 5.74) is 1.80. The molecule has 0 saturated heterocycles. The summed E-state index contributed by atoms with van der Waals surface area (Å²) in [5, 5.41) is 21.2. The summed E-state index contributed by atoms with van der Waals surface area (Å²) in [5.74, 6) is 3.91. The molecule has 2 nitrogen and oxygen atoms in total. The van der Waals surface area contributed by atoms with Gasteiger partial charge in [0.25, 0.3) is 0 Å². The van der Waals surface area contributed by atoms with E-state index in [1.54, 1.807) is 11.6 Å². The normalized spacial score (nSPS) is 45.2. The molecule has 3 saturated carbocycles. The third-order valence-electron chi connectivity index (χ3n) is 11.1. The van der Waals surface area contributed by atoms with Crippen molar-refractivity contribution in [2.45, 2.75) is 111 Å². The topological polar surface area (TPSA) is 40.5 Å². The number of aliphatic hydroxyl groups excluding tert-OH is 1. The predicted molar refractivity (Wildman–Crippen MR) is 130 cm³/mol. The summed E-state index contributed by atoms with van der Waals surface area (Å²) >= 11 is 0. The zero-order chi connectivity index (χ0) is 22.6. The fourth-order valence-corrected chi connectivity index (χ4v) is 8.76. The predicted octanol–water partition coefficient (Wildman–Crippen LogP) is 6.92. The largest absolute Gasteiger partial charge is 0.393 e. The average Bonchev–Trinajstić information content (AvgIpc) is 3.09. The Morgan fingerprint density at radius 2 is 1.90 bits per heavy atom. The van der Waals surface area contributed by atoms with E-state index in [9.17, 15) is 10.2 Å². The number of rotatable bonds is 6. The molecule has 0 spiro atoms. The molecule has 0 radical (unpaired) electrons. The van der Waals surface area contributed by atoms with E-state index in [1.165, 1.54) is 38.5 Å². The Bertz CT molecular complexity index is 710. The van der Waals surface area contributed by atoms with Crippen LogP contribution < -0.4 is 0 Å². The summed E-state index contributed by atoms with van der Waals surface area (Å²) in [6, 6.07) is 0. The molecule has 0 heterocycles. The Hall–Kier alpha value is -0.600. The van der Waals surface area contributed by atoms with Crippen LogP contribution in [-0.2, 0) is 0 Å². The maximum atomic E-state index is 11.0. The molecule has 0 aromatic rings. The molecule has 0 bridgehead atoms. The van der Waals surface area contributed by atoms with Crippen LogP contribution in [0.1, 0.15) is 98.8 Å². The van der Waals surface area contributed by atoms with Crippen molar-refractivity contribution in [3.8, 4) is 0 Å². The van der Waals surface area contributed by atoms with Gasteiger partial charge in [-0.1, -0.05) is 52.3 Å². The molecule has 4 aliphatic rings. The summed E-state index contributed by atoms with van der Waals surface area (Å²) < 4.78 is 0. The molecule has 3 fully saturated rings. The second-order valence-electron chi connectivity index (χ2n) is 12.8. The van der Waals surface area contributed by atoms with E-state index in [1.807, 2.05) is 0 Å². The van der Waals surface area contributed by atoms with Crippen molar-refractivity contribution in [2.75, 3.05) is 0 Å². The molecule has 4 rings (SSSR count). The fraction of sp³-hybridized carbons (Fsp3) is 0.862. The minimum atomic E-state index is -0.731. The Morgan fingerprint density at radius 3 is 2.58 bits per heavy atom. The van der Waals surface area contributed by atoms with Crippen molar-refractivity contribution in [3.63, 3.8) is 0 Å². The number of fused-ring (bicyclic) bond motifs is 5. The zero-order valence-corrected chi connectivity index (χ0v) is 20.9. The van der Waals surface area contributed by atoms with E-state index in [4.69, 9.17) is 0 Å². The second kappa shape index (κ2) is 8.32. The average molecular weight is 429 g/mol. The molecule has 4 aliphatic carbocycles. The van der Waals surface area contributed by atoms with Gasteiger partial charge in [0.15, 0.2) is 0 Å². The first-order valence-corrected chi connectivity index (χ1v) is 13.3. The third kappa shape index (κ3) is 3.78. The van der Waals surface area contributed by atoms with Gasteiger partial charge in [0.1, 0.15) is 0 Å². The number of aliphatic hydroxyl groups is 2. The fourth-order valence-electron chi connectivity index (χ4n) is 8.76. The molecule has 0 aromatic carbocycles. The van der Waals surface area contributed by atoms with E-state index >= 15 is 0 Å². The van der Waals surface area contributed by atoms with Crippen molar-refractivity contribution in [3.05, 3.63) is 24.3 Å². The number of hydrogen-bond donors (Lipinski definition) is 2. The lowest BCUT2D eigenvalue weighted by atomic mass is 9.48. The van der Waals surface area contributed by atoms with Crippen LogP contribution in [0.4, 0.5) is 0 Å². The van der Waals surface area contributed by atoms with Crippen LogP contribution in [0.2, 0.25) is 0 Å². The van der Waals surface area contributed by atoms with Crippen LogP contribution in [0.5, 0.6) is 0 Å². The minimum Gasteiger partial charge on any atom is -0.393 e. The van der Waals surface area contributed by atoms with Gasteiger partial charge in [-0.3, -0.25) is 0 Å². The first kappa shape index (κ1) is 23.6. The lowest BCUT2D eigenvalue weighted by molar-refractivity contribution is -0.0179. The van der Waals surface area contributed by atoms with Gasteiger partial charge in [-0.25, -0.2) is 0 Å². The van der Waals surface area contributed by atoms with Gasteiger partial charge in [0.2, 0.25) is 0 Å². The molecule has 0 aliphatic heterocycles. The molecular weight excluding hydrogens is 380 g/mol. The van der Waals surface area contributed by atoms with Gasteiger partial charge < -0.3 is 10.2 Å². The highest BCUT2D eigenvalue weighted by Crippen LogP contribution is 2.66. The highest BCUT2D eigenvalue weighted by Gasteiger charge is 2.57. The highest BCUT2D eigenvalue weighted by atomic mass is 16.3. The van der Waals surface area contributed by atoms with Crippen LogP contribution in [0, 0.1) is 46.3 Å². The van der Waals surface area contributed by atoms with Crippen LogP contribution in [0.15, 0.2) is 24.3 Å². The van der Waals surface area contributed by atoms with Gasteiger partial charge in [-0.2, -0.15) is 0 Å². The maximum Gasteiger partial charge on any atom is 0.0847 e. The van der Waals surface area contributed by atoms with E-state index < -0.39 is 5.60 Å². The van der Waals surface area contributed by atoms with Crippen LogP contribution in [0.3, 0.4) is 0 Å². The zero-order valence-electron chi connectivity index (χ0n) is 20.9. The molecule has 176 valence electrons. The van der Waals surface area contributed by atoms with Crippen LogP contribution in [0.25, 0.3) is 0 Å². The quantitative estimate of drug-likeness (QED) is 0.451. The molecular formula is C29H48O2. The van der Waals surface area contributed by atoms with Crippen LogP contribution >= 0.6 is 0 Å². The van der Waals surface area contributed by atoms with Gasteiger partial charge in [-0.15, -0.1) is 6.58 Å². The second-order valence-corrected chi connectivity index (χ2v) is 12.8. The molecule has 2 heteroatoms. The molecule has 1 unspecified atom stereocenters. The first-order valence-electron chi connectivity index (χ1n) is 13.3. The Labute approximate surface area is 191 Å². The van der Waals surface area contributed by atoms with Crippen LogP contribution in [-0.4, -0.2) is 21.9 Å². The van der Waals surface area contributed by atoms with Crippen molar-refractivity contribution < 1.29 is 10.2 Å². The van der Waals surface area contributed by atoms with E-state index in [-0.39, 0.29) is 12.0 Å². The first-order chi connectivity index (χ1) is 14.5. The van der Waals surface area contributed by atoms with Crippen molar-refractivity contribution in [1.82, 2.24) is 0 Å². The lowest BCUT2D eigenvalue weighted by Gasteiger charge is -2.57. The third-order valence-corrected chi connectivity index (χ3v) is 11.1. The smallest absolute Gasteiger partial charge is 0.0847 e. The molecule has 0 aromatic heterocycles. The van der Waals surface area contributed by atoms with E-state index in [0.717, 1.165) is 43.4 Å². The van der Waals surface area contributed by atoms with Crippen molar-refractivity contribution >= 4 is 0 Å². The minimum absolute atomic E-state index is 0.0687. The molecule has 9 atom stereocenters. The molecule has 2 N–H and O–H groups in total. The Balaban J connectivity index is 1.51. The van der Waals surface area contributed by atoms with E-state index in [0.29, 0.717) is 22.7 Å². The summed E-state index contributed by atoms with van der Waals surface area (Å²) in [6.45, 7) is 15.7. The summed E-state index contributed by atoms with van der Waals surface area (Å²) in [7, 11) is 0.